The Hall–Kier alpha value is 1.45. The van der Waals surface area contributed by atoms with Gasteiger partial charge in [0, 0.05) is 10.4 Å². The molecule has 0 unspecified atom stereocenters. The Balaban J connectivity index is -0.0000000457. The van der Waals surface area contributed by atoms with Crippen molar-refractivity contribution in [3.8, 4) is 0 Å². The van der Waals surface area contributed by atoms with Crippen LogP contribution in [0, 0.1) is 0 Å². The molecule has 0 aliphatic rings. The minimum atomic E-state index is -5.17. The first-order valence-electron chi connectivity index (χ1n) is 1.52. The summed E-state index contributed by atoms with van der Waals surface area (Å²) in [7, 11) is -10.3. The van der Waals surface area contributed by atoms with Crippen molar-refractivity contribution in [3.05, 3.63) is 0 Å². The third kappa shape index (κ3) is 597. The maximum absolute atomic E-state index is 8.80. The van der Waals surface area contributed by atoms with Crippen molar-refractivity contribution in [2.45, 2.75) is 0 Å². The van der Waals surface area contributed by atoms with Crippen molar-refractivity contribution in [2.75, 3.05) is 0 Å². The van der Waals surface area contributed by atoms with Gasteiger partial charge in [-0.2, -0.15) is 0 Å². The molecular weight excluding hydrogens is 267 g/mol. The van der Waals surface area contributed by atoms with Crippen LogP contribution in [0.3, 0.4) is 0 Å². The van der Waals surface area contributed by atoms with E-state index in [0.29, 0.717) is 0 Å². The van der Waals surface area contributed by atoms with Gasteiger partial charge in [-0.3, -0.25) is 8.42 Å². The molecule has 0 saturated heterocycles. The third-order valence-electron chi connectivity index (χ3n) is 0. The molecule has 0 atom stereocenters. The van der Waals surface area contributed by atoms with Crippen LogP contribution in [0.1, 0.15) is 0 Å². The maximum atomic E-state index is 8.80. The molecule has 0 aromatic rings. The smallest absolute Gasteiger partial charge is 0.828 e. The molecule has 0 aliphatic heterocycles. The normalized spacial score (nSPS) is 9.83. The van der Waals surface area contributed by atoms with Gasteiger partial charge in [-0.15, -0.1) is 0 Å². The molecule has 2 N–H and O–H groups in total. The molecule has 12 heavy (non-hydrogen) atoms. The molecule has 69 valence electrons. The second-order valence-electron chi connectivity index (χ2n) is 0.957. The van der Waals surface area contributed by atoms with Crippen molar-refractivity contribution < 1.29 is 83.3 Å². The summed E-state index contributed by atoms with van der Waals surface area (Å²) in [4.78, 5) is 31.8. The van der Waals surface area contributed by atoms with Crippen molar-refractivity contribution >= 4 is 19.4 Å². The summed E-state index contributed by atoms with van der Waals surface area (Å²) in [5.74, 6) is 0. The zero-order chi connectivity index (χ0) is 9.00. The van der Waals surface area contributed by atoms with Crippen LogP contribution in [0.25, 0.3) is 0 Å². The van der Waals surface area contributed by atoms with E-state index < -0.39 is 19.4 Å². The summed E-state index contributed by atoms with van der Waals surface area (Å²) < 4.78 is 34.1. The van der Waals surface area contributed by atoms with Crippen molar-refractivity contribution in [1.29, 1.82) is 0 Å². The van der Waals surface area contributed by atoms with Gasteiger partial charge >= 0.3 is 46.6 Å². The minimum absolute atomic E-state index is 0. The minimum Gasteiger partial charge on any atom is -0.828 e. The van der Waals surface area contributed by atoms with Gasteiger partial charge < -0.3 is 28.3 Å². The first-order valence-corrected chi connectivity index (χ1v) is 4.57. The van der Waals surface area contributed by atoms with E-state index in [9.17, 15) is 0 Å². The zero-order valence-corrected chi connectivity index (χ0v) is 10.5. The van der Waals surface area contributed by atoms with Crippen molar-refractivity contribution in [2.24, 2.45) is 0 Å². The summed E-state index contributed by atoms with van der Waals surface area (Å²) in [5.41, 5.74) is 0. The van der Waals surface area contributed by atoms with E-state index in [2.05, 4.69) is 0 Å². The van der Waals surface area contributed by atoms with Crippen molar-refractivity contribution in [1.82, 2.24) is 0 Å². The first kappa shape index (κ1) is 23.3. The van der Waals surface area contributed by atoms with Crippen LogP contribution in [-0.2, 0) is 27.5 Å². The van der Waals surface area contributed by atoms with E-state index in [4.69, 9.17) is 36.7 Å². The molecule has 0 aromatic carbocycles. The van der Waals surface area contributed by atoms with Gasteiger partial charge in [0.2, 0.25) is 0 Å². The van der Waals surface area contributed by atoms with Crippen LogP contribution in [0.4, 0.5) is 0 Å². The molecule has 12 heteroatoms. The van der Waals surface area contributed by atoms with Crippen LogP contribution >= 0.6 is 0 Å². The fraction of sp³-hybridized carbons (Fsp3) is 0. The van der Waals surface area contributed by atoms with E-state index in [1.54, 1.807) is 0 Å². The van der Waals surface area contributed by atoms with Crippen LogP contribution < -0.4 is 39.1 Å². The standard InChI is InChI=1S/Fe.Na.H2O4S.H2O4Si/c;;2*1-5(2,3)4/h;;(H2,1,2,3,4);1-2H/q+3;+1;;-2/p-2. The van der Waals surface area contributed by atoms with Crippen LogP contribution in [0.15, 0.2) is 0 Å². The third-order valence-corrected chi connectivity index (χ3v) is 0. The fourth-order valence-corrected chi connectivity index (χ4v) is 0. The number of hydrogen-bond acceptors (Lipinski definition) is 8. The second-order valence-corrected chi connectivity index (χ2v) is 2.87. The summed E-state index contributed by atoms with van der Waals surface area (Å²) >= 11 is 0. The Morgan fingerprint density at radius 2 is 1.08 bits per heavy atom. The molecule has 0 aliphatic carbocycles. The van der Waals surface area contributed by atoms with E-state index in [0.717, 1.165) is 0 Å². The van der Waals surface area contributed by atoms with Gasteiger partial charge in [0.15, 0.2) is 0 Å². The van der Waals surface area contributed by atoms with Gasteiger partial charge in [-0.1, -0.05) is 0 Å². The van der Waals surface area contributed by atoms with Crippen molar-refractivity contribution in [3.63, 3.8) is 0 Å². The average molecular weight is 269 g/mol. The number of rotatable bonds is 0. The fourth-order valence-electron chi connectivity index (χ4n) is 0. The average Bonchev–Trinajstić information content (AvgIpc) is 1.12. The monoisotopic (exact) mass is 269 g/mol. The van der Waals surface area contributed by atoms with Crippen LogP contribution in [-0.4, -0.2) is 36.2 Å². The van der Waals surface area contributed by atoms with E-state index in [-0.39, 0.29) is 46.6 Å². The molecule has 0 fully saturated rings. The quantitative estimate of drug-likeness (QED) is 0.248. The van der Waals surface area contributed by atoms with Gasteiger partial charge in [-0.25, -0.2) is 0 Å². The molecule has 0 amide bonds. The second kappa shape index (κ2) is 9.02. The molecule has 0 bridgehead atoms. The SMILES string of the molecule is O=S(=O)([O-])[O-].[Fe+3].[Na+].[O-][Si]([O-])(O)O. The Kier molecular flexibility index (Phi) is 17.5. The summed E-state index contributed by atoms with van der Waals surface area (Å²) in [6, 6.07) is 0. The van der Waals surface area contributed by atoms with E-state index in [1.807, 2.05) is 0 Å². The predicted octanol–water partition coefficient (Wildman–Crippen LogP) is -8.21. The largest absolute Gasteiger partial charge is 3.00 e. The maximum Gasteiger partial charge on any atom is 3.00 e. The molecule has 0 aromatic heterocycles. The molecule has 0 heterocycles. The Bertz CT molecular complexity index is 154. The first-order chi connectivity index (χ1) is 4.00. The van der Waals surface area contributed by atoms with Crippen LogP contribution in [0.2, 0.25) is 0 Å². The van der Waals surface area contributed by atoms with E-state index >= 15 is 0 Å². The van der Waals surface area contributed by atoms with Gasteiger partial charge in [-0.05, 0) is 0 Å². The molecular formula is H2FeNaO8SSi. The van der Waals surface area contributed by atoms with Gasteiger partial charge in [0.05, 0.1) is 0 Å². The Morgan fingerprint density at radius 3 is 1.08 bits per heavy atom. The number of hydrogen-bond donors (Lipinski definition) is 2. The Morgan fingerprint density at radius 1 is 1.08 bits per heavy atom. The molecule has 0 spiro atoms. The molecule has 8 nitrogen and oxygen atoms in total. The van der Waals surface area contributed by atoms with Gasteiger partial charge in [0.1, 0.15) is 9.05 Å². The zero-order valence-electron chi connectivity index (χ0n) is 5.61. The summed E-state index contributed by atoms with van der Waals surface area (Å²) in [5, 5.41) is 0. The topological polar surface area (TPSA) is 167 Å². The Labute approximate surface area is 102 Å². The summed E-state index contributed by atoms with van der Waals surface area (Å²) in [6.45, 7) is 0. The molecule has 0 saturated carbocycles. The van der Waals surface area contributed by atoms with E-state index in [1.165, 1.54) is 0 Å². The van der Waals surface area contributed by atoms with Crippen LogP contribution in [0.5, 0.6) is 0 Å². The van der Waals surface area contributed by atoms with Gasteiger partial charge in [0.25, 0.3) is 0 Å². The summed E-state index contributed by atoms with van der Waals surface area (Å²) in [6.07, 6.45) is 0. The predicted molar refractivity (Wildman–Crippen MR) is 20.7 cm³/mol. The molecule has 0 rings (SSSR count). The molecule has 1 radical (unpaired) electrons.